The van der Waals surface area contributed by atoms with Gasteiger partial charge in [0.2, 0.25) is 0 Å². The summed E-state index contributed by atoms with van der Waals surface area (Å²) in [6, 6.07) is 14.8. The van der Waals surface area contributed by atoms with Crippen molar-refractivity contribution < 1.29 is 14.6 Å². The summed E-state index contributed by atoms with van der Waals surface area (Å²) in [7, 11) is 0. The molecule has 0 saturated carbocycles. The molecule has 0 aliphatic carbocycles. The van der Waals surface area contributed by atoms with Crippen LogP contribution in [0.15, 0.2) is 48.5 Å². The molecule has 2 heterocycles. The van der Waals surface area contributed by atoms with Gasteiger partial charge in [-0.3, -0.25) is 4.79 Å². The van der Waals surface area contributed by atoms with E-state index < -0.39 is 11.7 Å². The highest BCUT2D eigenvalue weighted by molar-refractivity contribution is 5.71. The Morgan fingerprint density at radius 3 is 2.68 bits per heavy atom. The topological polar surface area (TPSA) is 49.8 Å². The van der Waals surface area contributed by atoms with E-state index in [0.29, 0.717) is 13.0 Å². The lowest BCUT2D eigenvalue weighted by Gasteiger charge is -2.39. The van der Waals surface area contributed by atoms with Gasteiger partial charge >= 0.3 is 5.97 Å². The van der Waals surface area contributed by atoms with E-state index in [1.54, 1.807) is 0 Å². The van der Waals surface area contributed by atoms with Crippen LogP contribution in [0.1, 0.15) is 42.5 Å². The first-order valence-corrected chi connectivity index (χ1v) is 9.86. The van der Waals surface area contributed by atoms with E-state index in [1.165, 1.54) is 16.8 Å². The number of rotatable bonds is 5. The van der Waals surface area contributed by atoms with Gasteiger partial charge in [0, 0.05) is 24.1 Å². The fraction of sp³-hybridized carbons (Fsp3) is 0.375. The minimum atomic E-state index is -0.763. The number of hydrogen-bond donors (Lipinski definition) is 1. The molecule has 0 spiro atoms. The number of carboxylic acid groups (broad SMARTS) is 1. The van der Waals surface area contributed by atoms with Crippen molar-refractivity contribution in [3.05, 3.63) is 70.8 Å². The molecule has 0 radical (unpaired) electrons. The summed E-state index contributed by atoms with van der Waals surface area (Å²) in [5, 5.41) is 9.00. The van der Waals surface area contributed by atoms with Crippen LogP contribution < -0.4 is 4.90 Å². The number of nitrogens with zero attached hydrogens (tertiary/aromatic N) is 1. The van der Waals surface area contributed by atoms with Gasteiger partial charge in [-0.25, -0.2) is 0 Å². The van der Waals surface area contributed by atoms with Crippen LogP contribution in [0.5, 0.6) is 0 Å². The molecule has 4 nitrogen and oxygen atoms in total. The van der Waals surface area contributed by atoms with Crippen LogP contribution >= 0.6 is 0 Å². The second kappa shape index (κ2) is 6.78. The van der Waals surface area contributed by atoms with E-state index in [2.05, 4.69) is 80.3 Å². The normalized spacial score (nSPS) is 22.5. The van der Waals surface area contributed by atoms with Gasteiger partial charge in [0.05, 0.1) is 6.61 Å². The van der Waals surface area contributed by atoms with E-state index in [4.69, 9.17) is 9.84 Å². The number of hydrogen-bond acceptors (Lipinski definition) is 3. The Morgan fingerprint density at radius 1 is 1.21 bits per heavy atom. The first-order chi connectivity index (χ1) is 13.3. The number of carboxylic acids is 1. The van der Waals surface area contributed by atoms with E-state index in [1.807, 2.05) is 0 Å². The summed E-state index contributed by atoms with van der Waals surface area (Å²) in [4.78, 5) is 13.3. The third-order valence-corrected chi connectivity index (χ3v) is 6.17. The van der Waals surface area contributed by atoms with Crippen LogP contribution in [-0.4, -0.2) is 30.0 Å². The van der Waals surface area contributed by atoms with E-state index in [9.17, 15) is 4.79 Å². The molecule has 4 rings (SSSR count). The van der Waals surface area contributed by atoms with Gasteiger partial charge in [-0.1, -0.05) is 61.9 Å². The number of aryl methyl sites for hydroxylation is 2. The first kappa shape index (κ1) is 18.8. The Balaban J connectivity index is 1.71. The monoisotopic (exact) mass is 377 g/mol. The van der Waals surface area contributed by atoms with Crippen molar-refractivity contribution in [2.45, 2.75) is 44.8 Å². The smallest absolute Gasteiger partial charge is 0.303 e. The van der Waals surface area contributed by atoms with Crippen molar-refractivity contribution in [1.29, 1.82) is 0 Å². The van der Waals surface area contributed by atoms with Gasteiger partial charge in [-0.2, -0.15) is 0 Å². The van der Waals surface area contributed by atoms with Crippen molar-refractivity contribution in [3.8, 4) is 0 Å². The largest absolute Gasteiger partial charge is 0.481 e. The summed E-state index contributed by atoms with van der Waals surface area (Å²) in [5.41, 5.74) is 5.11. The minimum Gasteiger partial charge on any atom is -0.481 e. The Bertz CT molecular complexity index is 929. The fourth-order valence-corrected chi connectivity index (χ4v) is 4.51. The van der Waals surface area contributed by atoms with E-state index in [0.717, 1.165) is 17.7 Å². The average Bonchev–Trinajstić information content (AvgIpc) is 3.17. The molecule has 1 fully saturated rings. The summed E-state index contributed by atoms with van der Waals surface area (Å²) < 4.78 is 6.39. The number of aliphatic carboxylic acids is 1. The number of carbonyl (C=O) groups is 1. The molecule has 1 atom stereocenters. The van der Waals surface area contributed by atoms with Gasteiger partial charge in [0.1, 0.15) is 0 Å². The Kier molecular flexibility index (Phi) is 4.54. The summed E-state index contributed by atoms with van der Waals surface area (Å²) in [6.07, 6.45) is 5.04. The van der Waals surface area contributed by atoms with Crippen LogP contribution in [-0.2, 0) is 21.4 Å². The van der Waals surface area contributed by atoms with Gasteiger partial charge in [-0.05, 0) is 42.2 Å². The lowest BCUT2D eigenvalue weighted by Crippen LogP contribution is -2.51. The van der Waals surface area contributed by atoms with E-state index >= 15 is 0 Å². The molecule has 0 aromatic heterocycles. The SMILES string of the molecule is Cc1ccc(/C=C/C23OCCN2c2ccc(CCC(=O)O)cc2C3(C)C)cc1. The molecule has 1 saturated heterocycles. The highest BCUT2D eigenvalue weighted by Crippen LogP contribution is 2.55. The highest BCUT2D eigenvalue weighted by atomic mass is 16.5. The predicted octanol–water partition coefficient (Wildman–Crippen LogP) is 4.55. The molecule has 4 heteroatoms. The predicted molar refractivity (Wildman–Crippen MR) is 112 cm³/mol. The molecule has 2 aliphatic heterocycles. The van der Waals surface area contributed by atoms with Crippen LogP contribution in [0.4, 0.5) is 5.69 Å². The number of benzene rings is 2. The van der Waals surface area contributed by atoms with Gasteiger partial charge in [0.25, 0.3) is 0 Å². The maximum Gasteiger partial charge on any atom is 0.303 e. The third kappa shape index (κ3) is 2.92. The summed E-state index contributed by atoms with van der Waals surface area (Å²) in [6.45, 7) is 8.08. The molecule has 2 aromatic carbocycles. The number of ether oxygens (including phenoxy) is 1. The fourth-order valence-electron chi connectivity index (χ4n) is 4.51. The van der Waals surface area contributed by atoms with Gasteiger partial charge in [-0.15, -0.1) is 0 Å². The summed E-state index contributed by atoms with van der Waals surface area (Å²) >= 11 is 0. The maximum absolute atomic E-state index is 10.9. The highest BCUT2D eigenvalue weighted by Gasteiger charge is 2.59. The zero-order valence-corrected chi connectivity index (χ0v) is 16.7. The van der Waals surface area contributed by atoms with Crippen molar-refractivity contribution >= 4 is 17.7 Å². The van der Waals surface area contributed by atoms with Crippen LogP contribution in [0.2, 0.25) is 0 Å². The summed E-state index contributed by atoms with van der Waals surface area (Å²) in [5.74, 6) is -0.763. The molecular formula is C24H27NO3. The third-order valence-electron chi connectivity index (χ3n) is 6.17. The second-order valence-electron chi connectivity index (χ2n) is 8.31. The lowest BCUT2D eigenvalue weighted by atomic mass is 9.76. The lowest BCUT2D eigenvalue weighted by molar-refractivity contribution is -0.136. The van der Waals surface area contributed by atoms with Crippen LogP contribution in [0.3, 0.4) is 0 Å². The molecule has 1 N–H and O–H groups in total. The van der Waals surface area contributed by atoms with Crippen molar-refractivity contribution in [3.63, 3.8) is 0 Å². The molecule has 0 amide bonds. The molecular weight excluding hydrogens is 350 g/mol. The Labute approximate surface area is 166 Å². The Hall–Kier alpha value is -2.59. The zero-order valence-electron chi connectivity index (χ0n) is 16.7. The first-order valence-electron chi connectivity index (χ1n) is 9.86. The maximum atomic E-state index is 10.9. The molecule has 28 heavy (non-hydrogen) atoms. The van der Waals surface area contributed by atoms with Crippen molar-refractivity contribution in [2.24, 2.45) is 0 Å². The zero-order chi connectivity index (χ0) is 19.9. The number of fused-ring (bicyclic) bond motifs is 3. The Morgan fingerprint density at radius 2 is 1.96 bits per heavy atom. The average molecular weight is 377 g/mol. The molecule has 2 aromatic rings. The molecule has 2 aliphatic rings. The van der Waals surface area contributed by atoms with Crippen molar-refractivity contribution in [1.82, 2.24) is 0 Å². The van der Waals surface area contributed by atoms with Crippen molar-refractivity contribution in [2.75, 3.05) is 18.1 Å². The van der Waals surface area contributed by atoms with Gasteiger partial charge < -0.3 is 14.7 Å². The minimum absolute atomic E-state index is 0.151. The van der Waals surface area contributed by atoms with Gasteiger partial charge in [0.15, 0.2) is 5.72 Å². The second-order valence-corrected chi connectivity index (χ2v) is 8.31. The molecule has 1 unspecified atom stereocenters. The standard InChI is InChI=1S/C24H27NO3/c1-17-4-6-18(7-5-17)12-13-24-23(2,3)20-16-19(9-11-22(26)27)8-10-21(20)25(24)14-15-28-24/h4-8,10,12-13,16H,9,11,14-15H2,1-3H3,(H,26,27)/b13-12+. The van der Waals surface area contributed by atoms with Crippen LogP contribution in [0.25, 0.3) is 6.08 Å². The number of anilines is 1. The quantitative estimate of drug-likeness (QED) is 0.830. The molecule has 146 valence electrons. The molecule has 0 bridgehead atoms. The van der Waals surface area contributed by atoms with Crippen LogP contribution in [0, 0.1) is 6.92 Å². The van der Waals surface area contributed by atoms with E-state index in [-0.39, 0.29) is 11.8 Å².